The van der Waals surface area contributed by atoms with Gasteiger partial charge >= 0.3 is 0 Å². The largest absolute Gasteiger partial charge is 0.355 e. The Morgan fingerprint density at radius 3 is 2.87 bits per heavy atom. The van der Waals surface area contributed by atoms with Gasteiger partial charge in [0, 0.05) is 30.9 Å². The lowest BCUT2D eigenvalue weighted by molar-refractivity contribution is 0.143. The van der Waals surface area contributed by atoms with Crippen LogP contribution in [-0.4, -0.2) is 58.3 Å². The summed E-state index contributed by atoms with van der Waals surface area (Å²) >= 11 is 1.83. The van der Waals surface area contributed by atoms with Crippen molar-refractivity contribution in [3.8, 4) is 0 Å². The van der Waals surface area contributed by atoms with Crippen LogP contribution < -0.4 is 10.6 Å². The number of rotatable bonds is 10. The molecule has 31 heavy (non-hydrogen) atoms. The van der Waals surface area contributed by atoms with Crippen LogP contribution in [0.15, 0.2) is 41.5 Å². The van der Waals surface area contributed by atoms with Gasteiger partial charge in [-0.2, -0.15) is 0 Å². The summed E-state index contributed by atoms with van der Waals surface area (Å²) in [5.41, 5.74) is 0. The first-order valence-corrected chi connectivity index (χ1v) is 11.9. The quantitative estimate of drug-likeness (QED) is 0.202. The van der Waals surface area contributed by atoms with E-state index >= 15 is 0 Å². The molecule has 2 aromatic rings. The Bertz CT molecular complexity index is 782. The summed E-state index contributed by atoms with van der Waals surface area (Å²) in [4.78, 5) is 8.94. The molecule has 0 spiro atoms. The second-order valence-corrected chi connectivity index (χ2v) is 8.81. The van der Waals surface area contributed by atoms with Crippen molar-refractivity contribution in [3.63, 3.8) is 0 Å². The second-order valence-electron chi connectivity index (χ2n) is 7.83. The Morgan fingerprint density at radius 2 is 2.19 bits per heavy atom. The Balaban J connectivity index is 0.00000341. The summed E-state index contributed by atoms with van der Waals surface area (Å²) < 4.78 is 2.08. The van der Waals surface area contributed by atoms with Crippen LogP contribution in [0.5, 0.6) is 0 Å². The average molecular weight is 558 g/mol. The van der Waals surface area contributed by atoms with E-state index in [9.17, 15) is 0 Å². The maximum absolute atomic E-state index is 4.94. The first kappa shape index (κ1) is 25.8. The van der Waals surface area contributed by atoms with Gasteiger partial charge in [-0.3, -0.25) is 9.89 Å². The summed E-state index contributed by atoms with van der Waals surface area (Å²) in [5, 5.41) is 17.1. The summed E-state index contributed by atoms with van der Waals surface area (Å²) in [5.74, 6) is 2.66. The van der Waals surface area contributed by atoms with Crippen LogP contribution in [0.3, 0.4) is 0 Å². The summed E-state index contributed by atoms with van der Waals surface area (Å²) in [6.07, 6.45) is 7.06. The van der Waals surface area contributed by atoms with Crippen molar-refractivity contribution in [3.05, 3.63) is 47.2 Å². The van der Waals surface area contributed by atoms with Gasteiger partial charge in [-0.05, 0) is 43.3 Å². The molecule has 3 heterocycles. The lowest BCUT2D eigenvalue weighted by atomic mass is 9.97. The lowest BCUT2D eigenvalue weighted by Crippen LogP contribution is -2.41. The van der Waals surface area contributed by atoms with Crippen molar-refractivity contribution in [1.29, 1.82) is 0 Å². The van der Waals surface area contributed by atoms with Crippen molar-refractivity contribution in [2.45, 2.75) is 45.7 Å². The van der Waals surface area contributed by atoms with Gasteiger partial charge < -0.3 is 15.2 Å². The van der Waals surface area contributed by atoms with E-state index in [2.05, 4.69) is 68.2 Å². The lowest BCUT2D eigenvalue weighted by Gasteiger charge is -2.35. The Kier molecular flexibility index (Phi) is 11.5. The van der Waals surface area contributed by atoms with Crippen LogP contribution in [0.25, 0.3) is 0 Å². The number of hydrogen-bond acceptors (Lipinski definition) is 5. The standard InChI is InChI=1S/C22H35N7S.HI/c1-4-10-23-22(24-11-14-29-17-26-27-21(29)5-2)25-16-19(20-7-6-15-30-20)28-12-8-18(3)9-13-28;/h4,6-7,15,17-19H,1,5,8-14,16H2,2-3H3,(H2,23,24,25);1H. The van der Waals surface area contributed by atoms with Crippen LogP contribution >= 0.6 is 35.3 Å². The van der Waals surface area contributed by atoms with Gasteiger partial charge in [-0.25, -0.2) is 0 Å². The molecule has 0 radical (unpaired) electrons. The Hall–Kier alpha value is -1.46. The summed E-state index contributed by atoms with van der Waals surface area (Å²) in [6, 6.07) is 4.72. The molecule has 0 aliphatic carbocycles. The number of guanidine groups is 1. The number of hydrogen-bond donors (Lipinski definition) is 2. The zero-order valence-electron chi connectivity index (χ0n) is 18.7. The van der Waals surface area contributed by atoms with Crippen LogP contribution in [0.1, 0.15) is 43.4 Å². The van der Waals surface area contributed by atoms with Gasteiger partial charge in [0.2, 0.25) is 0 Å². The Morgan fingerprint density at radius 1 is 1.39 bits per heavy atom. The third-order valence-corrected chi connectivity index (χ3v) is 6.60. The zero-order chi connectivity index (χ0) is 21.2. The molecule has 172 valence electrons. The van der Waals surface area contributed by atoms with E-state index in [4.69, 9.17) is 4.99 Å². The van der Waals surface area contributed by atoms with Gasteiger partial charge in [0.15, 0.2) is 5.96 Å². The van der Waals surface area contributed by atoms with Gasteiger partial charge in [0.25, 0.3) is 0 Å². The predicted octanol–water partition coefficient (Wildman–Crippen LogP) is 3.71. The smallest absolute Gasteiger partial charge is 0.191 e. The maximum Gasteiger partial charge on any atom is 0.191 e. The average Bonchev–Trinajstić information content (AvgIpc) is 3.45. The SMILES string of the molecule is C=CCNC(=NCC(c1cccs1)N1CCC(C)CC1)NCCn1cnnc1CC.I. The van der Waals surface area contributed by atoms with Gasteiger partial charge in [-0.1, -0.05) is 26.0 Å². The minimum Gasteiger partial charge on any atom is -0.355 e. The number of halogens is 1. The molecule has 0 saturated carbocycles. The molecule has 0 amide bonds. The highest BCUT2D eigenvalue weighted by atomic mass is 127. The molecule has 2 N–H and O–H groups in total. The highest BCUT2D eigenvalue weighted by Crippen LogP contribution is 2.29. The van der Waals surface area contributed by atoms with E-state index in [1.807, 2.05) is 17.4 Å². The van der Waals surface area contributed by atoms with E-state index in [0.29, 0.717) is 12.6 Å². The predicted molar refractivity (Wildman–Crippen MR) is 140 cm³/mol. The molecule has 1 aliphatic rings. The zero-order valence-corrected chi connectivity index (χ0v) is 21.8. The minimum atomic E-state index is 0. The Labute approximate surface area is 207 Å². The topological polar surface area (TPSA) is 70.4 Å². The van der Waals surface area contributed by atoms with Crippen LogP contribution in [0.4, 0.5) is 0 Å². The highest BCUT2D eigenvalue weighted by molar-refractivity contribution is 14.0. The van der Waals surface area contributed by atoms with Crippen LogP contribution in [-0.2, 0) is 13.0 Å². The fourth-order valence-electron chi connectivity index (χ4n) is 3.76. The number of aliphatic imine (C=N–C) groups is 1. The fourth-order valence-corrected chi connectivity index (χ4v) is 4.61. The fraction of sp³-hybridized carbons (Fsp3) is 0.591. The molecule has 9 heteroatoms. The maximum atomic E-state index is 4.94. The van der Waals surface area contributed by atoms with E-state index in [0.717, 1.165) is 56.8 Å². The third-order valence-electron chi connectivity index (χ3n) is 5.62. The molecular formula is C22H36IN7S. The van der Waals surface area contributed by atoms with Crippen molar-refractivity contribution in [2.75, 3.05) is 32.7 Å². The van der Waals surface area contributed by atoms with Gasteiger partial charge in [0.1, 0.15) is 12.2 Å². The molecule has 1 unspecified atom stereocenters. The van der Waals surface area contributed by atoms with Crippen molar-refractivity contribution in [1.82, 2.24) is 30.3 Å². The van der Waals surface area contributed by atoms with Crippen molar-refractivity contribution in [2.24, 2.45) is 10.9 Å². The summed E-state index contributed by atoms with van der Waals surface area (Å²) in [7, 11) is 0. The first-order chi connectivity index (χ1) is 14.7. The molecule has 1 saturated heterocycles. The number of aryl methyl sites for hydroxylation is 1. The molecule has 1 fully saturated rings. The summed E-state index contributed by atoms with van der Waals surface area (Å²) in [6.45, 7) is 13.6. The van der Waals surface area contributed by atoms with Crippen molar-refractivity contribution < 1.29 is 0 Å². The number of thiophene rings is 1. The van der Waals surface area contributed by atoms with Crippen molar-refractivity contribution >= 4 is 41.3 Å². The monoisotopic (exact) mass is 557 g/mol. The van der Waals surface area contributed by atoms with E-state index in [1.54, 1.807) is 6.33 Å². The molecular weight excluding hydrogens is 521 g/mol. The van der Waals surface area contributed by atoms with Gasteiger partial charge in [0.05, 0.1) is 12.6 Å². The molecule has 0 bridgehead atoms. The number of nitrogens with one attached hydrogen (secondary N) is 2. The molecule has 1 aliphatic heterocycles. The number of aromatic nitrogens is 3. The van der Waals surface area contributed by atoms with E-state index in [-0.39, 0.29) is 24.0 Å². The number of likely N-dealkylation sites (tertiary alicyclic amines) is 1. The number of nitrogens with zero attached hydrogens (tertiary/aromatic N) is 5. The first-order valence-electron chi connectivity index (χ1n) is 11.0. The number of piperidine rings is 1. The molecule has 2 aromatic heterocycles. The molecule has 1 atom stereocenters. The highest BCUT2D eigenvalue weighted by Gasteiger charge is 2.25. The molecule has 3 rings (SSSR count). The molecule has 7 nitrogen and oxygen atoms in total. The van der Waals surface area contributed by atoms with E-state index in [1.165, 1.54) is 17.7 Å². The van der Waals surface area contributed by atoms with Crippen LogP contribution in [0.2, 0.25) is 0 Å². The van der Waals surface area contributed by atoms with Gasteiger partial charge in [-0.15, -0.1) is 52.1 Å². The minimum absolute atomic E-state index is 0. The second kappa shape index (κ2) is 13.8. The van der Waals surface area contributed by atoms with Crippen LogP contribution in [0, 0.1) is 5.92 Å². The molecule has 0 aromatic carbocycles. The normalized spacial score (nSPS) is 16.5. The third kappa shape index (κ3) is 7.87. The van der Waals surface area contributed by atoms with E-state index < -0.39 is 0 Å².